The van der Waals surface area contributed by atoms with E-state index < -0.39 is 23.6 Å². The van der Waals surface area contributed by atoms with Crippen molar-refractivity contribution in [3.05, 3.63) is 147 Å². The average molecular weight is 774 g/mol. The van der Waals surface area contributed by atoms with Crippen LogP contribution < -0.4 is 20.0 Å². The van der Waals surface area contributed by atoms with Gasteiger partial charge in [0.25, 0.3) is 17.7 Å². The third-order valence-electron chi connectivity index (χ3n) is 9.98. The van der Waals surface area contributed by atoms with E-state index in [4.69, 9.17) is 9.94 Å². The summed E-state index contributed by atoms with van der Waals surface area (Å²) in [6.45, 7) is 0.0264. The molecule has 4 heterocycles. The number of benzene rings is 4. The van der Waals surface area contributed by atoms with Crippen molar-refractivity contribution in [3.8, 4) is 23.4 Å². The van der Waals surface area contributed by atoms with Crippen molar-refractivity contribution in [3.63, 3.8) is 0 Å². The Labute approximate surface area is 333 Å². The first-order valence-electron chi connectivity index (χ1n) is 18.0. The van der Waals surface area contributed by atoms with E-state index in [1.54, 1.807) is 58.1 Å². The Hall–Kier alpha value is -7.13. The van der Waals surface area contributed by atoms with Gasteiger partial charge in [0.05, 0.1) is 64.1 Å². The number of anilines is 3. The number of fused-ring (bicyclic) bond motifs is 4. The van der Waals surface area contributed by atoms with Crippen molar-refractivity contribution in [2.24, 2.45) is 0 Å². The van der Waals surface area contributed by atoms with E-state index in [0.29, 0.717) is 38.1 Å². The molecule has 13 nitrogen and oxygen atoms in total. The number of amides is 3. The van der Waals surface area contributed by atoms with Gasteiger partial charge in [-0.2, -0.15) is 15.6 Å². The van der Waals surface area contributed by atoms with Gasteiger partial charge in [0.2, 0.25) is 0 Å². The highest BCUT2D eigenvalue weighted by molar-refractivity contribution is 8.04. The molecular weight excluding hydrogens is 739 g/mol. The van der Waals surface area contributed by atoms with Crippen LogP contribution in [0.25, 0.3) is 11.3 Å². The molecule has 0 saturated carbocycles. The number of hydrogen-bond acceptors (Lipinski definition) is 11. The molecule has 57 heavy (non-hydrogen) atoms. The fourth-order valence-electron chi connectivity index (χ4n) is 7.10. The molecule has 14 heteroatoms. The quantitative estimate of drug-likeness (QED) is 0.155. The Balaban J connectivity index is 1.24. The highest BCUT2D eigenvalue weighted by Gasteiger charge is 2.46. The number of allylic oxidation sites excluding steroid dienone is 2. The zero-order valence-electron chi connectivity index (χ0n) is 31.4. The Kier molecular flexibility index (Phi) is 9.59. The van der Waals surface area contributed by atoms with Crippen LogP contribution in [0.3, 0.4) is 0 Å². The maximum Gasteiger partial charge on any atom is 0.285 e. The van der Waals surface area contributed by atoms with Gasteiger partial charge in [-0.1, -0.05) is 66.4 Å². The van der Waals surface area contributed by atoms with Gasteiger partial charge >= 0.3 is 0 Å². The molecule has 1 atom stereocenters. The van der Waals surface area contributed by atoms with Crippen molar-refractivity contribution >= 4 is 46.7 Å². The van der Waals surface area contributed by atoms with Gasteiger partial charge in [-0.3, -0.25) is 28.8 Å². The Bertz CT molecular complexity index is 2560. The van der Waals surface area contributed by atoms with Gasteiger partial charge in [-0.05, 0) is 54.1 Å². The predicted molar refractivity (Wildman–Crippen MR) is 216 cm³/mol. The third-order valence-corrected chi connectivity index (χ3v) is 11.2. The number of thioether (sulfide) groups is 1. The zero-order valence-corrected chi connectivity index (χ0v) is 32.2. The number of nitriles is 2. The van der Waals surface area contributed by atoms with E-state index in [2.05, 4.69) is 17.5 Å². The van der Waals surface area contributed by atoms with Crippen molar-refractivity contribution < 1.29 is 19.2 Å². The molecule has 3 amide bonds. The second-order valence-corrected chi connectivity index (χ2v) is 14.8. The molecule has 8 rings (SSSR count). The van der Waals surface area contributed by atoms with Crippen LogP contribution in [0, 0.1) is 22.7 Å². The molecule has 0 saturated heterocycles. The minimum Gasteiger partial charge on any atom is -0.378 e. The lowest BCUT2D eigenvalue weighted by Gasteiger charge is -2.33. The first-order chi connectivity index (χ1) is 27.6. The number of carbonyl (C=O) groups excluding carboxylic acids is 3. The second-order valence-electron chi connectivity index (χ2n) is 13.8. The monoisotopic (exact) mass is 773 g/mol. The van der Waals surface area contributed by atoms with Crippen LogP contribution in [0.1, 0.15) is 42.6 Å². The molecule has 0 fully saturated rings. The summed E-state index contributed by atoms with van der Waals surface area (Å²) in [6.07, 6.45) is 0. The fraction of sp³-hybridized carbons (Fsp3) is 0.163. The predicted octanol–water partition coefficient (Wildman–Crippen LogP) is 6.52. The molecule has 1 aromatic heterocycles. The lowest BCUT2D eigenvalue weighted by molar-refractivity contribution is -0.0940. The van der Waals surface area contributed by atoms with Crippen molar-refractivity contribution in [1.29, 1.82) is 10.5 Å². The van der Waals surface area contributed by atoms with Gasteiger partial charge in [0.15, 0.2) is 5.82 Å². The van der Waals surface area contributed by atoms with Crippen molar-refractivity contribution in [1.82, 2.24) is 20.2 Å². The number of imide groups is 1. The van der Waals surface area contributed by atoms with Crippen LogP contribution in [-0.4, -0.2) is 67.4 Å². The van der Waals surface area contributed by atoms with E-state index in [-0.39, 0.29) is 35.7 Å². The topological polar surface area (TPSA) is 151 Å². The lowest BCUT2D eigenvalue weighted by atomic mass is 9.83. The van der Waals surface area contributed by atoms with Crippen LogP contribution in [0.4, 0.5) is 17.2 Å². The highest BCUT2D eigenvalue weighted by Crippen LogP contribution is 2.57. The Morgan fingerprint density at radius 3 is 1.96 bits per heavy atom. The number of aromatic nitrogens is 2. The molecule has 0 aliphatic carbocycles. The zero-order chi connectivity index (χ0) is 40.0. The van der Waals surface area contributed by atoms with E-state index in [0.717, 1.165) is 22.0 Å². The molecule has 5 aromatic rings. The van der Waals surface area contributed by atoms with Crippen molar-refractivity contribution in [2.75, 3.05) is 49.5 Å². The highest BCUT2D eigenvalue weighted by atomic mass is 32.2. The summed E-state index contributed by atoms with van der Waals surface area (Å²) >= 11 is 1.33. The summed E-state index contributed by atoms with van der Waals surface area (Å²) in [5.41, 5.74) is 5.56. The average Bonchev–Trinajstić information content (AvgIpc) is 3.85. The number of nitrogens with zero attached hydrogens (tertiary/aromatic N) is 8. The summed E-state index contributed by atoms with van der Waals surface area (Å²) in [4.78, 5) is 52.2. The first kappa shape index (κ1) is 36.8. The van der Waals surface area contributed by atoms with Gasteiger partial charge in [-0.15, -0.1) is 5.06 Å². The summed E-state index contributed by atoms with van der Waals surface area (Å²) < 4.78 is 1.72. The van der Waals surface area contributed by atoms with Gasteiger partial charge in [-0.25, -0.2) is 0 Å². The van der Waals surface area contributed by atoms with Gasteiger partial charge in [0, 0.05) is 50.7 Å². The molecule has 0 radical (unpaired) electrons. The maximum atomic E-state index is 13.9. The number of rotatable bonds is 10. The number of hydroxylamine groups is 2. The molecule has 3 aliphatic rings. The van der Waals surface area contributed by atoms with Gasteiger partial charge in [0.1, 0.15) is 10.9 Å². The van der Waals surface area contributed by atoms with Crippen LogP contribution in [0.2, 0.25) is 0 Å². The summed E-state index contributed by atoms with van der Waals surface area (Å²) in [5.74, 6) is -1.72. The minimum absolute atomic E-state index is 0.0898. The van der Waals surface area contributed by atoms with Crippen LogP contribution in [-0.2, 0) is 11.4 Å². The maximum absolute atomic E-state index is 13.9. The standard InChI is InChI=1S/C43H35N9O4S/c1-48(2)29-18-14-26(15-19-29)35-33(24-44)38(46-40(53)28-10-6-5-7-11-28)51-39-37(57-43(51)34(35)25-45)36(27-16-20-30(21-17-27)49(3)4)50(47-39)22-23-56-52-41(54)31-12-8-9-13-32(31)42(52)55/h5-21,35H,22-23H2,1-4H3,(H,46,53). The summed E-state index contributed by atoms with van der Waals surface area (Å²) in [6, 6.07) is 35.5. The molecular formula is C43H35N9O4S. The SMILES string of the molecule is CN(C)c1ccc(-c2c3c(nn2CCON2C(=O)c4ccccc4C2=O)N2C(NC(=O)c4ccccc4)=C(C#N)C(c4ccc(N(C)C)cc4)C(C#N)=C2S3)cc1. The minimum atomic E-state index is -0.784. The Morgan fingerprint density at radius 2 is 1.39 bits per heavy atom. The normalized spacial score (nSPS) is 15.6. The number of nitrogens with one attached hydrogen (secondary N) is 1. The number of carbonyl (C=O) groups is 3. The van der Waals surface area contributed by atoms with E-state index in [9.17, 15) is 24.9 Å². The Morgan fingerprint density at radius 1 is 0.807 bits per heavy atom. The van der Waals surface area contributed by atoms with Crippen LogP contribution >= 0.6 is 11.8 Å². The molecule has 4 aromatic carbocycles. The van der Waals surface area contributed by atoms with Gasteiger partial charge < -0.3 is 15.1 Å². The fourth-order valence-corrected chi connectivity index (χ4v) is 8.38. The molecule has 1 unspecified atom stereocenters. The summed E-state index contributed by atoms with van der Waals surface area (Å²) in [7, 11) is 7.77. The van der Waals surface area contributed by atoms with Crippen LogP contribution in [0.5, 0.6) is 0 Å². The number of hydrogen-bond donors (Lipinski definition) is 1. The molecule has 0 spiro atoms. The first-order valence-corrected chi connectivity index (χ1v) is 18.8. The second kappa shape index (κ2) is 14.8. The van der Waals surface area contributed by atoms with E-state index in [1.165, 1.54) is 11.8 Å². The van der Waals surface area contributed by atoms with E-state index in [1.807, 2.05) is 92.6 Å². The smallest absolute Gasteiger partial charge is 0.285 e. The molecule has 3 aliphatic heterocycles. The summed E-state index contributed by atoms with van der Waals surface area (Å²) in [5, 5.41) is 31.1. The largest absolute Gasteiger partial charge is 0.378 e. The third kappa shape index (κ3) is 6.37. The van der Waals surface area contributed by atoms with E-state index >= 15 is 0 Å². The molecule has 282 valence electrons. The lowest BCUT2D eigenvalue weighted by Crippen LogP contribution is -2.39. The van der Waals surface area contributed by atoms with Crippen LogP contribution in [0.15, 0.2) is 130 Å². The van der Waals surface area contributed by atoms with Crippen molar-refractivity contribution in [2.45, 2.75) is 17.4 Å². The molecule has 0 bridgehead atoms. The molecule has 1 N–H and O–H groups in total.